The van der Waals surface area contributed by atoms with Crippen LogP contribution < -0.4 is 5.73 Å². The Bertz CT molecular complexity index is 643. The fourth-order valence-electron chi connectivity index (χ4n) is 2.55. The molecule has 3 heteroatoms. The molecular formula is C17H18N2O. The summed E-state index contributed by atoms with van der Waals surface area (Å²) >= 11 is 0. The summed E-state index contributed by atoms with van der Waals surface area (Å²) in [7, 11) is 0. The molecule has 0 saturated heterocycles. The molecule has 0 spiro atoms. The largest absolute Gasteiger partial charge is 0.399 e. The highest BCUT2D eigenvalue weighted by molar-refractivity contribution is 5.97. The van der Waals surface area contributed by atoms with Crippen LogP contribution >= 0.6 is 0 Å². The van der Waals surface area contributed by atoms with Crippen molar-refractivity contribution in [3.63, 3.8) is 0 Å². The van der Waals surface area contributed by atoms with E-state index in [0.29, 0.717) is 5.69 Å². The van der Waals surface area contributed by atoms with Crippen LogP contribution in [0.4, 0.5) is 5.69 Å². The van der Waals surface area contributed by atoms with E-state index in [-0.39, 0.29) is 11.7 Å². The topological polar surface area (TPSA) is 56.0 Å². The first-order valence-electron chi connectivity index (χ1n) is 7.03. The number of pyridine rings is 1. The zero-order chi connectivity index (χ0) is 14.1. The Labute approximate surface area is 118 Å². The van der Waals surface area contributed by atoms with Gasteiger partial charge in [0.15, 0.2) is 5.78 Å². The predicted molar refractivity (Wildman–Crippen MR) is 80.5 cm³/mol. The van der Waals surface area contributed by atoms with Crippen LogP contribution in [-0.2, 0) is 0 Å². The molecule has 20 heavy (non-hydrogen) atoms. The molecule has 0 unspecified atom stereocenters. The number of aromatic nitrogens is 1. The van der Waals surface area contributed by atoms with Crippen LogP contribution in [0.2, 0.25) is 0 Å². The Morgan fingerprint density at radius 3 is 2.40 bits per heavy atom. The highest BCUT2D eigenvalue weighted by Gasteiger charge is 2.27. The van der Waals surface area contributed by atoms with E-state index in [2.05, 4.69) is 4.98 Å². The van der Waals surface area contributed by atoms with E-state index in [1.807, 2.05) is 43.3 Å². The average molecular weight is 266 g/mol. The van der Waals surface area contributed by atoms with Gasteiger partial charge in [0.1, 0.15) is 5.69 Å². The van der Waals surface area contributed by atoms with Crippen molar-refractivity contribution < 1.29 is 4.79 Å². The second-order valence-corrected chi connectivity index (χ2v) is 5.44. The summed E-state index contributed by atoms with van der Waals surface area (Å²) in [4.78, 5) is 16.7. The van der Waals surface area contributed by atoms with Gasteiger partial charge in [-0.05, 0) is 43.5 Å². The van der Waals surface area contributed by atoms with E-state index < -0.39 is 0 Å². The van der Waals surface area contributed by atoms with Crippen molar-refractivity contribution in [1.82, 2.24) is 4.98 Å². The summed E-state index contributed by atoms with van der Waals surface area (Å²) in [5.41, 5.74) is 10.1. The van der Waals surface area contributed by atoms with Gasteiger partial charge in [0.05, 0.1) is 0 Å². The standard InChI is InChI=1S/C17H18N2O/c1-11-15(12-5-7-14(18)8-6-12)9-10-16(19-11)17(20)13-3-2-4-13/h5-10,13H,2-4,18H2,1H3. The third-order valence-electron chi connectivity index (χ3n) is 4.04. The van der Waals surface area contributed by atoms with E-state index in [4.69, 9.17) is 5.73 Å². The Balaban J connectivity index is 1.90. The lowest BCUT2D eigenvalue weighted by atomic mass is 9.81. The summed E-state index contributed by atoms with van der Waals surface area (Å²) < 4.78 is 0. The number of nitrogen functional groups attached to an aromatic ring is 1. The van der Waals surface area contributed by atoms with Crippen LogP contribution in [0.15, 0.2) is 36.4 Å². The van der Waals surface area contributed by atoms with E-state index >= 15 is 0 Å². The Kier molecular flexibility index (Phi) is 3.26. The third-order valence-corrected chi connectivity index (χ3v) is 4.04. The number of Topliss-reactive ketones (excluding diaryl/α,β-unsaturated/α-hetero) is 1. The first kappa shape index (κ1) is 12.9. The van der Waals surface area contributed by atoms with Gasteiger partial charge in [-0.1, -0.05) is 24.6 Å². The van der Waals surface area contributed by atoms with Crippen molar-refractivity contribution >= 4 is 11.5 Å². The smallest absolute Gasteiger partial charge is 0.184 e. The van der Waals surface area contributed by atoms with Crippen molar-refractivity contribution in [2.24, 2.45) is 5.92 Å². The van der Waals surface area contributed by atoms with Gasteiger partial charge in [-0.2, -0.15) is 0 Å². The van der Waals surface area contributed by atoms with E-state index in [1.54, 1.807) is 0 Å². The zero-order valence-corrected chi connectivity index (χ0v) is 11.6. The van der Waals surface area contributed by atoms with Crippen molar-refractivity contribution in [2.45, 2.75) is 26.2 Å². The molecule has 1 aliphatic rings. The SMILES string of the molecule is Cc1nc(C(=O)C2CCC2)ccc1-c1ccc(N)cc1. The van der Waals surface area contributed by atoms with Gasteiger partial charge < -0.3 is 5.73 Å². The maximum absolute atomic E-state index is 12.2. The van der Waals surface area contributed by atoms with Crippen LogP contribution in [0.3, 0.4) is 0 Å². The molecule has 0 atom stereocenters. The fraction of sp³-hybridized carbons (Fsp3) is 0.294. The summed E-state index contributed by atoms with van der Waals surface area (Å²) in [5.74, 6) is 0.396. The van der Waals surface area contributed by atoms with Gasteiger partial charge in [0.25, 0.3) is 0 Å². The van der Waals surface area contributed by atoms with Crippen molar-refractivity contribution in [3.05, 3.63) is 47.8 Å². The minimum absolute atomic E-state index is 0.197. The number of rotatable bonds is 3. The maximum atomic E-state index is 12.2. The molecule has 0 radical (unpaired) electrons. The molecule has 1 fully saturated rings. The molecule has 3 rings (SSSR count). The number of aryl methyl sites for hydroxylation is 1. The lowest BCUT2D eigenvalue weighted by Gasteiger charge is -2.23. The first-order valence-corrected chi connectivity index (χ1v) is 7.03. The van der Waals surface area contributed by atoms with Crippen LogP contribution in [0, 0.1) is 12.8 Å². The van der Waals surface area contributed by atoms with Gasteiger partial charge in [-0.3, -0.25) is 4.79 Å². The Morgan fingerprint density at radius 1 is 1.15 bits per heavy atom. The van der Waals surface area contributed by atoms with Crippen LogP contribution in [0.5, 0.6) is 0 Å². The van der Waals surface area contributed by atoms with Crippen LogP contribution in [0.1, 0.15) is 35.4 Å². The quantitative estimate of drug-likeness (QED) is 0.682. The molecule has 0 aliphatic heterocycles. The van der Waals surface area contributed by atoms with E-state index in [9.17, 15) is 4.79 Å². The lowest BCUT2D eigenvalue weighted by molar-refractivity contribution is 0.0849. The molecule has 1 aromatic heterocycles. The lowest BCUT2D eigenvalue weighted by Crippen LogP contribution is -2.23. The van der Waals surface area contributed by atoms with E-state index in [0.717, 1.165) is 35.3 Å². The van der Waals surface area contributed by atoms with Gasteiger partial charge >= 0.3 is 0 Å². The average Bonchev–Trinajstić information content (AvgIpc) is 2.38. The molecule has 0 amide bonds. The molecular weight excluding hydrogens is 248 g/mol. The number of nitrogens with zero attached hydrogens (tertiary/aromatic N) is 1. The normalized spacial score (nSPS) is 14.8. The Hall–Kier alpha value is -2.16. The van der Waals surface area contributed by atoms with Crippen molar-refractivity contribution in [2.75, 3.05) is 5.73 Å². The number of anilines is 1. The maximum Gasteiger partial charge on any atom is 0.184 e. The summed E-state index contributed by atoms with van der Waals surface area (Å²) in [6.07, 6.45) is 3.19. The molecule has 2 N–H and O–H groups in total. The summed E-state index contributed by atoms with van der Waals surface area (Å²) in [6.45, 7) is 1.95. The first-order chi connectivity index (χ1) is 9.65. The van der Waals surface area contributed by atoms with Crippen molar-refractivity contribution in [3.8, 4) is 11.1 Å². The van der Waals surface area contributed by atoms with Gasteiger partial charge in [0, 0.05) is 22.9 Å². The molecule has 102 valence electrons. The number of carbonyl (C=O) groups excluding carboxylic acids is 1. The highest BCUT2D eigenvalue weighted by atomic mass is 16.1. The van der Waals surface area contributed by atoms with Crippen LogP contribution in [-0.4, -0.2) is 10.8 Å². The van der Waals surface area contributed by atoms with Gasteiger partial charge in [0.2, 0.25) is 0 Å². The molecule has 1 aliphatic carbocycles. The van der Waals surface area contributed by atoms with Crippen molar-refractivity contribution in [1.29, 1.82) is 0 Å². The molecule has 1 heterocycles. The minimum atomic E-state index is 0.197. The van der Waals surface area contributed by atoms with Crippen LogP contribution in [0.25, 0.3) is 11.1 Å². The highest BCUT2D eigenvalue weighted by Crippen LogP contribution is 2.30. The second kappa shape index (κ2) is 5.08. The minimum Gasteiger partial charge on any atom is -0.399 e. The zero-order valence-electron chi connectivity index (χ0n) is 11.6. The monoisotopic (exact) mass is 266 g/mol. The number of hydrogen-bond donors (Lipinski definition) is 1. The third kappa shape index (κ3) is 2.31. The Morgan fingerprint density at radius 2 is 1.85 bits per heavy atom. The van der Waals surface area contributed by atoms with E-state index in [1.165, 1.54) is 6.42 Å². The number of nitrogens with two attached hydrogens (primary N) is 1. The molecule has 2 aromatic rings. The number of carbonyl (C=O) groups is 1. The number of hydrogen-bond acceptors (Lipinski definition) is 3. The summed E-state index contributed by atoms with van der Waals surface area (Å²) in [6, 6.07) is 11.5. The van der Waals surface area contributed by atoms with Gasteiger partial charge in [-0.15, -0.1) is 0 Å². The molecule has 0 bridgehead atoms. The number of ketones is 1. The molecule has 3 nitrogen and oxygen atoms in total. The fourth-order valence-corrected chi connectivity index (χ4v) is 2.55. The summed E-state index contributed by atoms with van der Waals surface area (Å²) in [5, 5.41) is 0. The second-order valence-electron chi connectivity index (χ2n) is 5.44. The predicted octanol–water partition coefficient (Wildman–Crippen LogP) is 3.62. The van der Waals surface area contributed by atoms with Gasteiger partial charge in [-0.25, -0.2) is 4.98 Å². The number of benzene rings is 1. The molecule has 1 aromatic carbocycles. The molecule has 1 saturated carbocycles.